The van der Waals surface area contributed by atoms with Gasteiger partial charge in [-0.15, -0.1) is 0 Å². The SMILES string of the molecule is CC(CCCCC1([SiH3])CCCCO1)OCC1CO1. The summed E-state index contributed by atoms with van der Waals surface area (Å²) in [6.07, 6.45) is 9.69. The summed E-state index contributed by atoms with van der Waals surface area (Å²) in [7, 11) is 1.18. The van der Waals surface area contributed by atoms with Gasteiger partial charge in [0.25, 0.3) is 0 Å². The van der Waals surface area contributed by atoms with E-state index >= 15 is 0 Å². The lowest BCUT2D eigenvalue weighted by atomic mass is 10.0. The van der Waals surface area contributed by atoms with Crippen LogP contribution in [0.3, 0.4) is 0 Å². The van der Waals surface area contributed by atoms with Gasteiger partial charge >= 0.3 is 0 Å². The van der Waals surface area contributed by atoms with Crippen molar-refractivity contribution in [3.8, 4) is 0 Å². The predicted molar refractivity (Wildman–Crippen MR) is 76.1 cm³/mol. The van der Waals surface area contributed by atoms with E-state index in [0.29, 0.717) is 17.4 Å². The molecule has 2 aliphatic heterocycles. The quantitative estimate of drug-likeness (QED) is 0.382. The molecule has 2 aliphatic rings. The molecule has 0 aromatic heterocycles. The third kappa shape index (κ3) is 5.39. The molecule has 0 N–H and O–H groups in total. The van der Waals surface area contributed by atoms with Gasteiger partial charge in [0, 0.05) is 22.1 Å². The molecule has 0 amide bonds. The largest absolute Gasteiger partial charge is 0.380 e. The second kappa shape index (κ2) is 7.03. The smallest absolute Gasteiger partial charge is 0.104 e. The maximum atomic E-state index is 5.97. The van der Waals surface area contributed by atoms with Gasteiger partial charge in [-0.2, -0.15) is 0 Å². The Morgan fingerprint density at radius 2 is 2.22 bits per heavy atom. The van der Waals surface area contributed by atoms with Crippen molar-refractivity contribution < 1.29 is 14.2 Å². The number of hydrogen-bond acceptors (Lipinski definition) is 3. The summed E-state index contributed by atoms with van der Waals surface area (Å²) >= 11 is 0. The van der Waals surface area contributed by atoms with E-state index in [9.17, 15) is 0 Å². The van der Waals surface area contributed by atoms with Gasteiger partial charge in [-0.25, -0.2) is 0 Å². The van der Waals surface area contributed by atoms with Crippen molar-refractivity contribution in [2.45, 2.75) is 69.3 Å². The highest BCUT2D eigenvalue weighted by atomic mass is 28.1. The van der Waals surface area contributed by atoms with Gasteiger partial charge in [0.15, 0.2) is 0 Å². The highest BCUT2D eigenvalue weighted by Gasteiger charge is 2.27. The first kappa shape index (κ1) is 14.5. The van der Waals surface area contributed by atoms with Crippen molar-refractivity contribution in [1.82, 2.24) is 0 Å². The highest BCUT2D eigenvalue weighted by Crippen LogP contribution is 2.27. The Morgan fingerprint density at radius 3 is 2.89 bits per heavy atom. The fraction of sp³-hybridized carbons (Fsp3) is 1.00. The van der Waals surface area contributed by atoms with Gasteiger partial charge in [0.2, 0.25) is 0 Å². The summed E-state index contributed by atoms with van der Waals surface area (Å²) < 4.78 is 16.8. The van der Waals surface area contributed by atoms with Crippen LogP contribution in [0, 0.1) is 0 Å². The molecule has 18 heavy (non-hydrogen) atoms. The van der Waals surface area contributed by atoms with Crippen molar-refractivity contribution in [2.75, 3.05) is 19.8 Å². The molecule has 2 fully saturated rings. The summed E-state index contributed by atoms with van der Waals surface area (Å²) in [5.74, 6) is 0. The molecular weight excluding hydrogens is 244 g/mol. The molecule has 0 aromatic rings. The Kier molecular flexibility index (Phi) is 5.67. The van der Waals surface area contributed by atoms with E-state index < -0.39 is 0 Å². The van der Waals surface area contributed by atoms with E-state index in [2.05, 4.69) is 6.92 Å². The Morgan fingerprint density at radius 1 is 1.39 bits per heavy atom. The van der Waals surface area contributed by atoms with Crippen LogP contribution in [-0.2, 0) is 14.2 Å². The zero-order valence-corrected chi connectivity index (χ0v) is 14.0. The summed E-state index contributed by atoms with van der Waals surface area (Å²) in [6, 6.07) is 0. The standard InChI is InChI=1S/C14H28O3Si/c1-12(15-10-13-11-16-13)6-2-3-7-14(18)8-4-5-9-17-14/h12-13H,2-11H2,1,18H3. The summed E-state index contributed by atoms with van der Waals surface area (Å²) in [6.45, 7) is 4.85. The van der Waals surface area contributed by atoms with Crippen molar-refractivity contribution in [3.63, 3.8) is 0 Å². The van der Waals surface area contributed by atoms with Crippen molar-refractivity contribution in [3.05, 3.63) is 0 Å². The fourth-order valence-electron chi connectivity index (χ4n) is 2.64. The maximum Gasteiger partial charge on any atom is 0.104 e. The normalized spacial score (nSPS) is 33.5. The van der Waals surface area contributed by atoms with Crippen LogP contribution in [0.4, 0.5) is 0 Å². The van der Waals surface area contributed by atoms with Crippen LogP contribution in [0.15, 0.2) is 0 Å². The van der Waals surface area contributed by atoms with Gasteiger partial charge in [0.1, 0.15) is 6.10 Å². The zero-order chi connectivity index (χ0) is 12.8. The Labute approximate surface area is 114 Å². The molecule has 0 bridgehead atoms. The lowest BCUT2D eigenvalue weighted by molar-refractivity contribution is -0.0248. The van der Waals surface area contributed by atoms with Gasteiger partial charge in [-0.05, 0) is 39.0 Å². The summed E-state index contributed by atoms with van der Waals surface area (Å²) in [5, 5.41) is 0.296. The van der Waals surface area contributed by atoms with Crippen LogP contribution < -0.4 is 0 Å². The third-order valence-corrected chi connectivity index (χ3v) is 5.37. The molecule has 0 spiro atoms. The molecule has 3 unspecified atom stereocenters. The second-order valence-corrected chi connectivity index (χ2v) is 7.92. The summed E-state index contributed by atoms with van der Waals surface area (Å²) in [4.78, 5) is 0. The lowest BCUT2D eigenvalue weighted by Gasteiger charge is -2.34. The van der Waals surface area contributed by atoms with E-state index in [1.807, 2.05) is 0 Å². The van der Waals surface area contributed by atoms with E-state index in [0.717, 1.165) is 19.8 Å². The molecule has 0 aromatic carbocycles. The Balaban J connectivity index is 1.48. The average molecular weight is 272 g/mol. The molecule has 2 heterocycles. The first-order chi connectivity index (χ1) is 8.68. The molecule has 3 nitrogen and oxygen atoms in total. The lowest BCUT2D eigenvalue weighted by Crippen LogP contribution is -2.36. The van der Waals surface area contributed by atoms with E-state index in [1.165, 1.54) is 55.2 Å². The first-order valence-electron chi connectivity index (χ1n) is 7.55. The van der Waals surface area contributed by atoms with Crippen LogP contribution >= 0.6 is 0 Å². The molecule has 2 saturated heterocycles. The van der Waals surface area contributed by atoms with Gasteiger partial charge in [-0.3, -0.25) is 0 Å². The van der Waals surface area contributed by atoms with Crippen LogP contribution in [0.5, 0.6) is 0 Å². The molecule has 4 heteroatoms. The van der Waals surface area contributed by atoms with E-state index in [4.69, 9.17) is 14.2 Å². The minimum Gasteiger partial charge on any atom is -0.380 e. The van der Waals surface area contributed by atoms with Gasteiger partial charge < -0.3 is 14.2 Å². The fourth-order valence-corrected chi connectivity index (χ4v) is 3.55. The monoisotopic (exact) mass is 272 g/mol. The highest BCUT2D eigenvalue weighted by molar-refractivity contribution is 6.14. The van der Waals surface area contributed by atoms with Crippen LogP contribution in [0.1, 0.15) is 51.9 Å². The average Bonchev–Trinajstić information content (AvgIpc) is 3.17. The molecular formula is C14H28O3Si. The van der Waals surface area contributed by atoms with Gasteiger partial charge in [0.05, 0.1) is 19.3 Å². The van der Waals surface area contributed by atoms with Crippen molar-refractivity contribution >= 4 is 10.2 Å². The minimum absolute atomic E-state index is 0.296. The topological polar surface area (TPSA) is 31.0 Å². The molecule has 106 valence electrons. The molecule has 0 aliphatic carbocycles. The molecule has 3 atom stereocenters. The minimum atomic E-state index is 0.296. The third-order valence-electron chi connectivity index (χ3n) is 4.09. The number of rotatable bonds is 8. The second-order valence-electron chi connectivity index (χ2n) is 6.10. The Bertz CT molecular complexity index is 237. The molecule has 0 radical (unpaired) electrons. The van der Waals surface area contributed by atoms with Crippen LogP contribution in [0.25, 0.3) is 0 Å². The maximum absolute atomic E-state index is 5.97. The predicted octanol–water partition coefficient (Wildman–Crippen LogP) is 1.61. The summed E-state index contributed by atoms with van der Waals surface area (Å²) in [5.41, 5.74) is 0. The molecule has 0 saturated carbocycles. The number of epoxide rings is 1. The van der Waals surface area contributed by atoms with Crippen molar-refractivity contribution in [1.29, 1.82) is 0 Å². The van der Waals surface area contributed by atoms with E-state index in [1.54, 1.807) is 0 Å². The number of hydrogen-bond donors (Lipinski definition) is 0. The van der Waals surface area contributed by atoms with Crippen LogP contribution in [0.2, 0.25) is 0 Å². The Hall–Kier alpha value is 0.0969. The first-order valence-corrected chi connectivity index (χ1v) is 8.55. The van der Waals surface area contributed by atoms with Gasteiger partial charge in [-0.1, -0.05) is 12.8 Å². The number of ether oxygens (including phenoxy) is 3. The number of unbranched alkanes of at least 4 members (excludes halogenated alkanes) is 1. The van der Waals surface area contributed by atoms with Crippen LogP contribution in [-0.4, -0.2) is 47.5 Å². The molecule has 2 rings (SSSR count). The zero-order valence-electron chi connectivity index (χ0n) is 12.0. The van der Waals surface area contributed by atoms with E-state index in [-0.39, 0.29) is 0 Å². The van der Waals surface area contributed by atoms with Crippen molar-refractivity contribution in [2.24, 2.45) is 0 Å².